The predicted octanol–water partition coefficient (Wildman–Crippen LogP) is 3.64. The van der Waals surface area contributed by atoms with Crippen LogP contribution in [0.15, 0.2) is 6.07 Å². The Morgan fingerprint density at radius 1 is 1.21 bits per heavy atom. The van der Waals surface area contributed by atoms with Gasteiger partial charge >= 0.3 is 0 Å². The molecular formula is C16H26N2S. The van der Waals surface area contributed by atoms with Gasteiger partial charge < -0.3 is 10.2 Å². The van der Waals surface area contributed by atoms with Crippen LogP contribution in [0.25, 0.3) is 0 Å². The van der Waals surface area contributed by atoms with E-state index < -0.39 is 0 Å². The number of thiophene rings is 1. The third-order valence-electron chi connectivity index (χ3n) is 4.62. The molecule has 3 rings (SSSR count). The lowest BCUT2D eigenvalue weighted by Gasteiger charge is -2.34. The molecule has 19 heavy (non-hydrogen) atoms. The summed E-state index contributed by atoms with van der Waals surface area (Å²) in [6.07, 6.45) is 5.54. The first-order chi connectivity index (χ1) is 9.13. The number of hydrogen-bond donors (Lipinski definition) is 1. The van der Waals surface area contributed by atoms with E-state index in [-0.39, 0.29) is 0 Å². The van der Waals surface area contributed by atoms with Gasteiger partial charge in [0.1, 0.15) is 0 Å². The van der Waals surface area contributed by atoms with Gasteiger partial charge in [-0.15, -0.1) is 11.3 Å². The molecule has 106 valence electrons. The van der Waals surface area contributed by atoms with Crippen molar-refractivity contribution in [3.8, 4) is 0 Å². The summed E-state index contributed by atoms with van der Waals surface area (Å²) in [6.45, 7) is 9.39. The molecule has 1 unspecified atom stereocenters. The van der Waals surface area contributed by atoms with Gasteiger partial charge in [0.15, 0.2) is 0 Å². The van der Waals surface area contributed by atoms with Crippen molar-refractivity contribution in [3.05, 3.63) is 21.4 Å². The van der Waals surface area contributed by atoms with Crippen LogP contribution in [-0.2, 0) is 0 Å². The molecule has 2 fully saturated rings. The van der Waals surface area contributed by atoms with E-state index in [4.69, 9.17) is 0 Å². The Bertz CT molecular complexity index is 428. The van der Waals surface area contributed by atoms with Gasteiger partial charge in [0.05, 0.1) is 0 Å². The molecule has 1 saturated carbocycles. The molecule has 1 saturated heterocycles. The smallest absolute Gasteiger partial charge is 0.0305 e. The van der Waals surface area contributed by atoms with Crippen LogP contribution in [0.5, 0.6) is 0 Å². The number of piperidine rings is 1. The Hall–Kier alpha value is -0.380. The predicted molar refractivity (Wildman–Crippen MR) is 83.0 cm³/mol. The van der Waals surface area contributed by atoms with Gasteiger partial charge in [-0.1, -0.05) is 0 Å². The number of rotatable bonds is 4. The van der Waals surface area contributed by atoms with E-state index >= 15 is 0 Å². The Balaban J connectivity index is 1.52. The molecule has 3 heteroatoms. The lowest BCUT2D eigenvalue weighted by atomic mass is 10.0. The lowest BCUT2D eigenvalue weighted by molar-refractivity contribution is 0.184. The summed E-state index contributed by atoms with van der Waals surface area (Å²) >= 11 is 1.92. The van der Waals surface area contributed by atoms with Gasteiger partial charge in [-0.3, -0.25) is 0 Å². The minimum absolute atomic E-state index is 0.502. The standard InChI is InChI=1S/C16H26N2S/c1-11-10-16(13(3)19-11)12(2)17-14-6-8-18(9-7-14)15-4-5-15/h10,12,14-15,17H,4-9H2,1-3H3. The first kappa shape index (κ1) is 13.6. The first-order valence-electron chi connectivity index (χ1n) is 7.70. The van der Waals surface area contributed by atoms with Crippen molar-refractivity contribution >= 4 is 11.3 Å². The summed E-state index contributed by atoms with van der Waals surface area (Å²) in [7, 11) is 0. The highest BCUT2D eigenvalue weighted by molar-refractivity contribution is 7.12. The fraction of sp³-hybridized carbons (Fsp3) is 0.750. The maximum atomic E-state index is 3.85. The van der Waals surface area contributed by atoms with Crippen LogP contribution in [0.4, 0.5) is 0 Å². The second-order valence-corrected chi connectivity index (χ2v) is 7.76. The van der Waals surface area contributed by atoms with Crippen LogP contribution in [-0.4, -0.2) is 30.1 Å². The normalized spacial score (nSPS) is 23.7. The molecule has 2 nitrogen and oxygen atoms in total. The second-order valence-electron chi connectivity index (χ2n) is 6.30. The monoisotopic (exact) mass is 278 g/mol. The number of aryl methyl sites for hydroxylation is 2. The molecule has 1 aromatic heterocycles. The third kappa shape index (κ3) is 3.21. The Kier molecular flexibility index (Phi) is 3.97. The van der Waals surface area contributed by atoms with E-state index in [1.807, 2.05) is 11.3 Å². The fourth-order valence-electron chi connectivity index (χ4n) is 3.39. The molecule has 2 heterocycles. The van der Waals surface area contributed by atoms with E-state index in [1.54, 1.807) is 0 Å². The number of hydrogen-bond acceptors (Lipinski definition) is 3. The minimum Gasteiger partial charge on any atom is -0.307 e. The highest BCUT2D eigenvalue weighted by Gasteiger charge is 2.32. The first-order valence-corrected chi connectivity index (χ1v) is 8.52. The van der Waals surface area contributed by atoms with Crippen LogP contribution in [0.1, 0.15) is 54.0 Å². The lowest BCUT2D eigenvalue weighted by Crippen LogP contribution is -2.44. The largest absolute Gasteiger partial charge is 0.307 e. The molecule has 0 bridgehead atoms. The maximum Gasteiger partial charge on any atom is 0.0305 e. The van der Waals surface area contributed by atoms with Crippen molar-refractivity contribution < 1.29 is 0 Å². The zero-order valence-electron chi connectivity index (χ0n) is 12.4. The summed E-state index contributed by atoms with van der Waals surface area (Å²) in [6, 6.07) is 4.52. The van der Waals surface area contributed by atoms with Crippen molar-refractivity contribution in [1.29, 1.82) is 0 Å². The average molecular weight is 278 g/mol. The molecule has 0 aromatic carbocycles. The molecule has 1 aliphatic carbocycles. The van der Waals surface area contributed by atoms with E-state index in [9.17, 15) is 0 Å². The summed E-state index contributed by atoms with van der Waals surface area (Å²) in [4.78, 5) is 5.61. The molecule has 1 aliphatic heterocycles. The van der Waals surface area contributed by atoms with Crippen LogP contribution in [0.2, 0.25) is 0 Å². The Labute approximate surface area is 121 Å². The van der Waals surface area contributed by atoms with Crippen LogP contribution in [0.3, 0.4) is 0 Å². The van der Waals surface area contributed by atoms with Gasteiger partial charge in [0.25, 0.3) is 0 Å². The molecule has 0 amide bonds. The molecule has 2 aliphatic rings. The van der Waals surface area contributed by atoms with E-state index in [0.29, 0.717) is 12.1 Å². The van der Waals surface area contributed by atoms with Crippen molar-refractivity contribution in [1.82, 2.24) is 10.2 Å². The van der Waals surface area contributed by atoms with Crippen molar-refractivity contribution in [2.45, 2.75) is 64.6 Å². The molecule has 1 aromatic rings. The number of likely N-dealkylation sites (tertiary alicyclic amines) is 1. The molecule has 1 atom stereocenters. The Morgan fingerprint density at radius 3 is 2.42 bits per heavy atom. The van der Waals surface area contributed by atoms with Crippen LogP contribution >= 0.6 is 11.3 Å². The summed E-state index contributed by atoms with van der Waals surface area (Å²) in [5, 5.41) is 3.85. The van der Waals surface area contributed by atoms with Crippen molar-refractivity contribution in [2.24, 2.45) is 0 Å². The summed E-state index contributed by atoms with van der Waals surface area (Å²) in [5.74, 6) is 0. The van der Waals surface area contributed by atoms with E-state index in [0.717, 1.165) is 6.04 Å². The van der Waals surface area contributed by atoms with Gasteiger partial charge in [-0.05, 0) is 71.2 Å². The highest BCUT2D eigenvalue weighted by Crippen LogP contribution is 2.30. The van der Waals surface area contributed by atoms with Crippen molar-refractivity contribution in [3.63, 3.8) is 0 Å². The number of nitrogens with one attached hydrogen (secondary N) is 1. The topological polar surface area (TPSA) is 15.3 Å². The fourth-order valence-corrected chi connectivity index (χ4v) is 4.42. The maximum absolute atomic E-state index is 3.85. The van der Waals surface area contributed by atoms with E-state index in [1.165, 1.54) is 54.1 Å². The molecule has 0 radical (unpaired) electrons. The summed E-state index contributed by atoms with van der Waals surface area (Å²) in [5.41, 5.74) is 1.51. The second kappa shape index (κ2) is 5.55. The zero-order valence-corrected chi connectivity index (χ0v) is 13.2. The average Bonchev–Trinajstić information content (AvgIpc) is 3.16. The SMILES string of the molecule is Cc1cc(C(C)NC2CCN(C3CC3)CC2)c(C)s1. The summed E-state index contributed by atoms with van der Waals surface area (Å²) < 4.78 is 0. The van der Waals surface area contributed by atoms with Crippen LogP contribution < -0.4 is 5.32 Å². The van der Waals surface area contributed by atoms with Gasteiger partial charge in [-0.2, -0.15) is 0 Å². The minimum atomic E-state index is 0.502. The molecule has 1 N–H and O–H groups in total. The molecule has 0 spiro atoms. The van der Waals surface area contributed by atoms with Crippen LogP contribution in [0, 0.1) is 13.8 Å². The quantitative estimate of drug-likeness (QED) is 0.904. The highest BCUT2D eigenvalue weighted by atomic mass is 32.1. The number of nitrogens with zero attached hydrogens (tertiary/aromatic N) is 1. The van der Waals surface area contributed by atoms with Gasteiger partial charge in [-0.25, -0.2) is 0 Å². The molecular weight excluding hydrogens is 252 g/mol. The third-order valence-corrected chi connectivity index (χ3v) is 5.61. The Morgan fingerprint density at radius 2 is 1.89 bits per heavy atom. The van der Waals surface area contributed by atoms with Gasteiger partial charge in [0.2, 0.25) is 0 Å². The zero-order chi connectivity index (χ0) is 13.4. The van der Waals surface area contributed by atoms with Crippen molar-refractivity contribution in [2.75, 3.05) is 13.1 Å². The van der Waals surface area contributed by atoms with Gasteiger partial charge in [0, 0.05) is 27.9 Å². The van der Waals surface area contributed by atoms with E-state index in [2.05, 4.69) is 37.1 Å².